The van der Waals surface area contributed by atoms with Gasteiger partial charge in [-0.2, -0.15) is 0 Å². The number of para-hydroxylation sites is 1. The third kappa shape index (κ3) is 4.09. The van der Waals surface area contributed by atoms with E-state index in [1.165, 1.54) is 18.4 Å². The van der Waals surface area contributed by atoms with Crippen LogP contribution in [0.3, 0.4) is 0 Å². The molecule has 1 aliphatic heterocycles. The molecule has 0 saturated carbocycles. The normalized spacial score (nSPS) is 16.0. The van der Waals surface area contributed by atoms with Crippen molar-refractivity contribution in [1.29, 1.82) is 0 Å². The topological polar surface area (TPSA) is 54.5 Å². The van der Waals surface area contributed by atoms with Crippen LogP contribution in [0.5, 0.6) is 0 Å². The molecule has 1 N–H and O–H groups in total. The molecule has 26 heavy (non-hydrogen) atoms. The first-order valence-corrected chi connectivity index (χ1v) is 9.39. The van der Waals surface area contributed by atoms with Gasteiger partial charge < -0.3 is 15.0 Å². The SMILES string of the molecule is Cc1cccc2cc(C(C)NC(=O)OC(C)(C)C)c(N3CCCC3)nc12. The van der Waals surface area contributed by atoms with Gasteiger partial charge in [-0.25, -0.2) is 9.78 Å². The number of carbonyl (C=O) groups is 1. The first kappa shape index (κ1) is 18.5. The van der Waals surface area contributed by atoms with Crippen LogP contribution in [0, 0.1) is 6.92 Å². The molecular weight excluding hydrogens is 326 g/mol. The number of carbonyl (C=O) groups excluding carboxylic acids is 1. The van der Waals surface area contributed by atoms with Crippen molar-refractivity contribution in [2.24, 2.45) is 0 Å². The Hall–Kier alpha value is -2.30. The van der Waals surface area contributed by atoms with Crippen molar-refractivity contribution in [2.75, 3.05) is 18.0 Å². The first-order valence-electron chi connectivity index (χ1n) is 9.39. The van der Waals surface area contributed by atoms with Crippen LogP contribution in [0.15, 0.2) is 24.3 Å². The van der Waals surface area contributed by atoms with E-state index in [1.54, 1.807) is 0 Å². The van der Waals surface area contributed by atoms with Crippen LogP contribution in [-0.4, -0.2) is 29.8 Å². The van der Waals surface area contributed by atoms with Crippen LogP contribution < -0.4 is 10.2 Å². The standard InChI is InChI=1S/C21H29N3O2/c1-14-9-8-10-16-13-17(15(2)22-20(25)26-21(3,4)5)19(23-18(14)16)24-11-6-7-12-24/h8-10,13,15H,6-7,11-12H2,1-5H3,(H,22,25). The molecule has 3 rings (SSSR count). The highest BCUT2D eigenvalue weighted by atomic mass is 16.6. The molecule has 1 fully saturated rings. The van der Waals surface area contributed by atoms with Gasteiger partial charge in [0, 0.05) is 24.0 Å². The Balaban J connectivity index is 1.97. The molecule has 0 spiro atoms. The number of amides is 1. The summed E-state index contributed by atoms with van der Waals surface area (Å²) in [6.07, 6.45) is 1.96. The lowest BCUT2D eigenvalue weighted by Crippen LogP contribution is -2.34. The number of aromatic nitrogens is 1. The first-order chi connectivity index (χ1) is 12.2. The van der Waals surface area contributed by atoms with Gasteiger partial charge in [-0.15, -0.1) is 0 Å². The van der Waals surface area contributed by atoms with Crippen LogP contribution in [0.1, 0.15) is 57.7 Å². The van der Waals surface area contributed by atoms with Gasteiger partial charge in [-0.1, -0.05) is 18.2 Å². The molecule has 140 valence electrons. The summed E-state index contributed by atoms with van der Waals surface area (Å²) < 4.78 is 5.42. The molecule has 1 unspecified atom stereocenters. The minimum atomic E-state index is -0.514. The van der Waals surface area contributed by atoms with Crippen molar-refractivity contribution in [3.63, 3.8) is 0 Å². The van der Waals surface area contributed by atoms with Crippen LogP contribution in [-0.2, 0) is 4.74 Å². The third-order valence-electron chi connectivity index (χ3n) is 4.66. The fraction of sp³-hybridized carbons (Fsp3) is 0.524. The van der Waals surface area contributed by atoms with Crippen molar-refractivity contribution in [2.45, 2.75) is 59.1 Å². The van der Waals surface area contributed by atoms with Gasteiger partial charge in [-0.05, 0) is 59.1 Å². The van der Waals surface area contributed by atoms with E-state index in [9.17, 15) is 4.79 Å². The van der Waals surface area contributed by atoms with E-state index >= 15 is 0 Å². The molecule has 0 aliphatic carbocycles. The van der Waals surface area contributed by atoms with E-state index in [1.807, 2.05) is 33.8 Å². The Morgan fingerprint density at radius 1 is 1.27 bits per heavy atom. The van der Waals surface area contributed by atoms with E-state index in [0.717, 1.165) is 35.4 Å². The predicted molar refractivity (Wildman–Crippen MR) is 106 cm³/mol. The minimum absolute atomic E-state index is 0.183. The van der Waals surface area contributed by atoms with Gasteiger partial charge in [0.2, 0.25) is 0 Å². The molecule has 1 aromatic carbocycles. The van der Waals surface area contributed by atoms with E-state index in [4.69, 9.17) is 9.72 Å². The number of pyridine rings is 1. The summed E-state index contributed by atoms with van der Waals surface area (Å²) >= 11 is 0. The van der Waals surface area contributed by atoms with Gasteiger partial charge in [0.25, 0.3) is 0 Å². The Labute approximate surface area is 155 Å². The van der Waals surface area contributed by atoms with E-state index in [2.05, 4.69) is 35.3 Å². The van der Waals surface area contributed by atoms with Crippen molar-refractivity contribution < 1.29 is 9.53 Å². The fourth-order valence-electron chi connectivity index (χ4n) is 3.42. The average molecular weight is 355 g/mol. The number of rotatable bonds is 3. The zero-order valence-corrected chi connectivity index (χ0v) is 16.4. The average Bonchev–Trinajstić information content (AvgIpc) is 3.06. The second-order valence-electron chi connectivity index (χ2n) is 8.11. The number of fused-ring (bicyclic) bond motifs is 1. The highest BCUT2D eigenvalue weighted by Gasteiger charge is 2.24. The van der Waals surface area contributed by atoms with Gasteiger partial charge in [0.05, 0.1) is 11.6 Å². The highest BCUT2D eigenvalue weighted by molar-refractivity contribution is 5.85. The number of benzene rings is 1. The summed E-state index contributed by atoms with van der Waals surface area (Å²) in [6, 6.07) is 8.19. The van der Waals surface area contributed by atoms with E-state index in [-0.39, 0.29) is 6.04 Å². The van der Waals surface area contributed by atoms with Gasteiger partial charge >= 0.3 is 6.09 Å². The number of hydrogen-bond acceptors (Lipinski definition) is 4. The van der Waals surface area contributed by atoms with Crippen LogP contribution >= 0.6 is 0 Å². The molecule has 2 heterocycles. The number of aryl methyl sites for hydroxylation is 1. The molecule has 5 nitrogen and oxygen atoms in total. The number of hydrogen-bond donors (Lipinski definition) is 1. The Morgan fingerprint density at radius 3 is 2.62 bits per heavy atom. The van der Waals surface area contributed by atoms with Crippen molar-refractivity contribution in [3.8, 4) is 0 Å². The summed E-state index contributed by atoms with van der Waals surface area (Å²) in [7, 11) is 0. The highest BCUT2D eigenvalue weighted by Crippen LogP contribution is 2.31. The molecule has 1 saturated heterocycles. The second kappa shape index (κ2) is 7.14. The Kier molecular flexibility index (Phi) is 5.08. The second-order valence-corrected chi connectivity index (χ2v) is 8.11. The smallest absolute Gasteiger partial charge is 0.408 e. The van der Waals surface area contributed by atoms with Crippen molar-refractivity contribution in [1.82, 2.24) is 10.3 Å². The molecule has 1 aliphatic rings. The van der Waals surface area contributed by atoms with E-state index < -0.39 is 11.7 Å². The number of nitrogens with zero attached hydrogens (tertiary/aromatic N) is 2. The third-order valence-corrected chi connectivity index (χ3v) is 4.66. The number of ether oxygens (including phenoxy) is 1. The lowest BCUT2D eigenvalue weighted by molar-refractivity contribution is 0.0508. The monoisotopic (exact) mass is 355 g/mol. The number of alkyl carbamates (subject to hydrolysis) is 1. The fourth-order valence-corrected chi connectivity index (χ4v) is 3.42. The maximum Gasteiger partial charge on any atom is 0.408 e. The molecule has 2 aromatic rings. The Bertz CT molecular complexity index is 805. The van der Waals surface area contributed by atoms with Gasteiger partial charge in [0.1, 0.15) is 11.4 Å². The predicted octanol–water partition coefficient (Wildman–Crippen LogP) is 4.73. The molecule has 1 atom stereocenters. The number of anilines is 1. The summed E-state index contributed by atoms with van der Waals surface area (Å²) in [4.78, 5) is 19.5. The molecular formula is C21H29N3O2. The maximum absolute atomic E-state index is 12.2. The lowest BCUT2D eigenvalue weighted by Gasteiger charge is -2.26. The Morgan fingerprint density at radius 2 is 1.96 bits per heavy atom. The summed E-state index contributed by atoms with van der Waals surface area (Å²) in [5.74, 6) is 0.979. The van der Waals surface area contributed by atoms with Crippen molar-refractivity contribution >= 4 is 22.8 Å². The van der Waals surface area contributed by atoms with Crippen LogP contribution in [0.4, 0.5) is 10.6 Å². The minimum Gasteiger partial charge on any atom is -0.444 e. The van der Waals surface area contributed by atoms with Gasteiger partial charge in [-0.3, -0.25) is 0 Å². The number of nitrogens with one attached hydrogen (secondary N) is 1. The lowest BCUT2D eigenvalue weighted by atomic mass is 10.0. The van der Waals surface area contributed by atoms with E-state index in [0.29, 0.717) is 0 Å². The largest absolute Gasteiger partial charge is 0.444 e. The zero-order chi connectivity index (χ0) is 18.9. The summed E-state index contributed by atoms with van der Waals surface area (Å²) in [5, 5.41) is 4.07. The zero-order valence-electron chi connectivity index (χ0n) is 16.4. The van der Waals surface area contributed by atoms with Crippen molar-refractivity contribution in [3.05, 3.63) is 35.4 Å². The van der Waals surface area contributed by atoms with Gasteiger partial charge in [0.15, 0.2) is 0 Å². The van der Waals surface area contributed by atoms with Crippen LogP contribution in [0.2, 0.25) is 0 Å². The molecule has 0 radical (unpaired) electrons. The molecule has 1 aromatic heterocycles. The molecule has 1 amide bonds. The molecule has 0 bridgehead atoms. The molecule has 5 heteroatoms. The summed E-state index contributed by atoms with van der Waals surface area (Å²) in [5.41, 5.74) is 2.72. The summed E-state index contributed by atoms with van der Waals surface area (Å²) in [6.45, 7) is 11.7. The van der Waals surface area contributed by atoms with Crippen LogP contribution in [0.25, 0.3) is 10.9 Å². The maximum atomic E-state index is 12.2. The quantitative estimate of drug-likeness (QED) is 0.865.